The Morgan fingerprint density at radius 3 is 1.81 bits per heavy atom. The van der Waals surface area contributed by atoms with Gasteiger partial charge >= 0.3 is 0 Å². The van der Waals surface area contributed by atoms with Gasteiger partial charge in [-0.2, -0.15) is 0 Å². The third-order valence-corrected chi connectivity index (χ3v) is 4.84. The zero-order valence-corrected chi connectivity index (χ0v) is 17.7. The molecule has 3 rings (SSSR count). The van der Waals surface area contributed by atoms with Crippen molar-refractivity contribution in [2.75, 3.05) is 35.6 Å². The number of hydrogen-bond acceptors (Lipinski definition) is 3. The fourth-order valence-corrected chi connectivity index (χ4v) is 3.28. The molecular formula is C24H27N4O3+. The molecule has 0 fully saturated rings. The van der Waals surface area contributed by atoms with E-state index in [1.807, 2.05) is 49.4 Å². The lowest BCUT2D eigenvalue weighted by atomic mass is 10.1. The van der Waals surface area contributed by atoms with Crippen molar-refractivity contribution in [3.8, 4) is 0 Å². The lowest BCUT2D eigenvalue weighted by Gasteiger charge is -2.17. The summed E-state index contributed by atoms with van der Waals surface area (Å²) in [6, 6.07) is 20.6. The van der Waals surface area contributed by atoms with Crippen LogP contribution in [-0.4, -0.2) is 37.4 Å². The molecule has 0 aliphatic heterocycles. The molecule has 1 atom stereocenters. The predicted molar refractivity (Wildman–Crippen MR) is 123 cm³/mol. The minimum absolute atomic E-state index is 0.139. The second-order valence-corrected chi connectivity index (χ2v) is 7.37. The van der Waals surface area contributed by atoms with Crippen molar-refractivity contribution in [1.82, 2.24) is 0 Å². The van der Waals surface area contributed by atoms with Crippen LogP contribution in [0.1, 0.15) is 13.8 Å². The fraction of sp³-hybridized carbons (Fsp3) is 0.208. The molecule has 0 aromatic heterocycles. The molecule has 1 unspecified atom stereocenters. The highest BCUT2D eigenvalue weighted by Crippen LogP contribution is 2.18. The van der Waals surface area contributed by atoms with Crippen molar-refractivity contribution < 1.29 is 19.3 Å². The van der Waals surface area contributed by atoms with E-state index < -0.39 is 0 Å². The van der Waals surface area contributed by atoms with Gasteiger partial charge < -0.3 is 20.9 Å². The third kappa shape index (κ3) is 6.65. The van der Waals surface area contributed by atoms with Gasteiger partial charge in [0.2, 0.25) is 5.91 Å². The number of nitrogens with one attached hydrogen (secondary N) is 4. The van der Waals surface area contributed by atoms with Crippen molar-refractivity contribution in [2.24, 2.45) is 0 Å². The summed E-state index contributed by atoms with van der Waals surface area (Å²) >= 11 is 0. The van der Waals surface area contributed by atoms with E-state index in [2.05, 4.69) is 16.0 Å². The van der Waals surface area contributed by atoms with Crippen molar-refractivity contribution in [3.63, 3.8) is 0 Å². The van der Waals surface area contributed by atoms with Crippen molar-refractivity contribution in [1.29, 1.82) is 0 Å². The molecule has 0 bridgehead atoms. The maximum absolute atomic E-state index is 12.5. The van der Waals surface area contributed by atoms with Crippen LogP contribution in [0, 0.1) is 0 Å². The monoisotopic (exact) mass is 419 g/mol. The van der Waals surface area contributed by atoms with Crippen molar-refractivity contribution in [2.45, 2.75) is 13.8 Å². The first-order valence-corrected chi connectivity index (χ1v) is 10.2. The summed E-state index contributed by atoms with van der Waals surface area (Å²) in [7, 11) is 0. The van der Waals surface area contributed by atoms with Crippen LogP contribution in [0.25, 0.3) is 10.8 Å². The predicted octanol–water partition coefficient (Wildman–Crippen LogP) is 2.28. The van der Waals surface area contributed by atoms with Gasteiger partial charge in [-0.15, -0.1) is 0 Å². The van der Waals surface area contributed by atoms with E-state index in [1.54, 1.807) is 24.3 Å². The second-order valence-electron chi connectivity index (χ2n) is 7.37. The number of benzene rings is 3. The Bertz CT molecular complexity index is 1080. The van der Waals surface area contributed by atoms with Crippen LogP contribution in [0.4, 0.5) is 17.1 Å². The number of rotatable bonds is 8. The van der Waals surface area contributed by atoms with Gasteiger partial charge in [0.05, 0.1) is 6.54 Å². The van der Waals surface area contributed by atoms with Crippen LogP contribution in [0.2, 0.25) is 0 Å². The molecule has 7 nitrogen and oxygen atoms in total. The Balaban J connectivity index is 1.51. The molecule has 0 saturated heterocycles. The Morgan fingerprint density at radius 1 is 0.710 bits per heavy atom. The summed E-state index contributed by atoms with van der Waals surface area (Å²) in [4.78, 5) is 36.8. The molecule has 0 aliphatic rings. The minimum Gasteiger partial charge on any atom is -0.326 e. The summed E-state index contributed by atoms with van der Waals surface area (Å²) in [6.07, 6.45) is 0. The third-order valence-electron chi connectivity index (χ3n) is 4.84. The second kappa shape index (κ2) is 10.4. The highest BCUT2D eigenvalue weighted by molar-refractivity contribution is 5.95. The van der Waals surface area contributed by atoms with Crippen LogP contribution >= 0.6 is 0 Å². The summed E-state index contributed by atoms with van der Waals surface area (Å²) in [5, 5.41) is 10.6. The summed E-state index contributed by atoms with van der Waals surface area (Å²) in [5.74, 6) is -0.469. The molecular weight excluding hydrogens is 392 g/mol. The van der Waals surface area contributed by atoms with Gasteiger partial charge in [-0.25, -0.2) is 0 Å². The first-order valence-electron chi connectivity index (χ1n) is 10.2. The highest BCUT2D eigenvalue weighted by Gasteiger charge is 2.17. The normalized spacial score (nSPS) is 11.5. The van der Waals surface area contributed by atoms with Gasteiger partial charge in [0.15, 0.2) is 13.1 Å². The van der Waals surface area contributed by atoms with Crippen LogP contribution < -0.4 is 20.9 Å². The first-order chi connectivity index (χ1) is 14.9. The van der Waals surface area contributed by atoms with Crippen LogP contribution in [0.15, 0.2) is 66.7 Å². The number of carbonyl (C=O) groups excluding carboxylic acids is 3. The lowest BCUT2D eigenvalue weighted by molar-refractivity contribution is -0.881. The maximum Gasteiger partial charge on any atom is 0.279 e. The molecule has 0 saturated carbocycles. The summed E-state index contributed by atoms with van der Waals surface area (Å²) in [6.45, 7) is 4.38. The first kappa shape index (κ1) is 22.0. The number of hydrogen-bond donors (Lipinski definition) is 4. The summed E-state index contributed by atoms with van der Waals surface area (Å²) in [5.41, 5.74) is 2.04. The topological polar surface area (TPSA) is 91.7 Å². The Morgan fingerprint density at radius 2 is 1.23 bits per heavy atom. The number of fused-ring (bicyclic) bond motifs is 1. The number of anilines is 3. The molecule has 0 radical (unpaired) electrons. The minimum atomic E-state index is -0.178. The van der Waals surface area contributed by atoms with Gasteiger partial charge in [0.25, 0.3) is 11.8 Å². The quantitative estimate of drug-likeness (QED) is 0.451. The number of carbonyl (C=O) groups is 3. The average Bonchev–Trinajstić information content (AvgIpc) is 2.74. The molecule has 3 aromatic rings. The number of quaternary nitrogens is 1. The Kier molecular flexibility index (Phi) is 7.35. The Hall–Kier alpha value is -3.71. The van der Waals surface area contributed by atoms with Gasteiger partial charge in [-0.05, 0) is 54.1 Å². The largest absolute Gasteiger partial charge is 0.326 e. The van der Waals surface area contributed by atoms with Gasteiger partial charge in [-0.3, -0.25) is 14.4 Å². The van der Waals surface area contributed by atoms with Crippen LogP contribution in [-0.2, 0) is 14.4 Å². The average molecular weight is 420 g/mol. The molecule has 160 valence electrons. The maximum atomic E-state index is 12.5. The molecule has 0 spiro atoms. The van der Waals surface area contributed by atoms with E-state index in [9.17, 15) is 14.4 Å². The van der Waals surface area contributed by atoms with E-state index in [4.69, 9.17) is 0 Å². The standard InChI is InChI=1S/C24H26N4O3/c1-3-28(15-23(30)26-21-12-10-20(11-13-21)25-17(2)29)16-24(31)27-22-9-8-18-6-4-5-7-19(18)14-22/h4-14H,3,15-16H2,1-2H3,(H,25,29)(H,26,30)(H,27,31)/p+1. The smallest absolute Gasteiger partial charge is 0.279 e. The summed E-state index contributed by atoms with van der Waals surface area (Å²) < 4.78 is 0. The Labute approximate surface area is 181 Å². The van der Waals surface area contributed by atoms with Crippen molar-refractivity contribution in [3.05, 3.63) is 66.7 Å². The fourth-order valence-electron chi connectivity index (χ4n) is 3.28. The lowest BCUT2D eigenvalue weighted by Crippen LogP contribution is -3.13. The van der Waals surface area contributed by atoms with Crippen LogP contribution in [0.3, 0.4) is 0 Å². The van der Waals surface area contributed by atoms with E-state index in [0.717, 1.165) is 21.4 Å². The van der Waals surface area contributed by atoms with E-state index in [-0.39, 0.29) is 30.8 Å². The number of amides is 3. The molecule has 31 heavy (non-hydrogen) atoms. The van der Waals surface area contributed by atoms with Gasteiger partial charge in [0, 0.05) is 24.0 Å². The number of likely N-dealkylation sites (N-methyl/N-ethyl adjacent to an activating group) is 1. The molecule has 7 heteroatoms. The van der Waals surface area contributed by atoms with Crippen LogP contribution in [0.5, 0.6) is 0 Å². The SMILES string of the molecule is CC[NH+](CC(=O)Nc1ccc(NC(C)=O)cc1)CC(=O)Nc1ccc2ccccc2c1. The molecule has 3 amide bonds. The highest BCUT2D eigenvalue weighted by atomic mass is 16.2. The van der Waals surface area contributed by atoms with E-state index in [1.165, 1.54) is 6.92 Å². The van der Waals surface area contributed by atoms with E-state index >= 15 is 0 Å². The van der Waals surface area contributed by atoms with Gasteiger partial charge in [0.1, 0.15) is 0 Å². The zero-order chi connectivity index (χ0) is 22.2. The molecule has 0 heterocycles. The van der Waals surface area contributed by atoms with Crippen molar-refractivity contribution >= 4 is 45.6 Å². The zero-order valence-electron chi connectivity index (χ0n) is 17.7. The van der Waals surface area contributed by atoms with Gasteiger partial charge in [-0.1, -0.05) is 30.3 Å². The van der Waals surface area contributed by atoms with E-state index in [0.29, 0.717) is 17.9 Å². The molecule has 0 aliphatic carbocycles. The molecule has 4 N–H and O–H groups in total. The molecule has 3 aromatic carbocycles.